The summed E-state index contributed by atoms with van der Waals surface area (Å²) in [5.41, 5.74) is 7.26. The number of carboxylic acid groups (broad SMARTS) is 1. The van der Waals surface area contributed by atoms with Gasteiger partial charge in [0.25, 0.3) is 6.47 Å². The van der Waals surface area contributed by atoms with Crippen LogP contribution in [0.3, 0.4) is 0 Å². The Morgan fingerprint density at radius 2 is 2.00 bits per heavy atom. The molecule has 0 fully saturated rings. The molecule has 0 spiro atoms. The highest BCUT2D eigenvalue weighted by Crippen LogP contribution is 2.25. The zero-order chi connectivity index (χ0) is 17.7. The second-order valence-electron chi connectivity index (χ2n) is 5.29. The molecule has 0 unspecified atom stereocenters. The Labute approximate surface area is 140 Å². The summed E-state index contributed by atoms with van der Waals surface area (Å²) >= 11 is 0. The molecular formula is C18H20N4O2. The van der Waals surface area contributed by atoms with Crippen molar-refractivity contribution >= 4 is 17.7 Å². The molecule has 0 aromatic carbocycles. The lowest BCUT2D eigenvalue weighted by atomic mass is 10.0. The molecule has 0 aliphatic heterocycles. The topological polar surface area (TPSA) is 80.4 Å². The first-order valence-corrected chi connectivity index (χ1v) is 7.52. The molecule has 124 valence electrons. The molecule has 3 aromatic heterocycles. The minimum absolute atomic E-state index is 0.250. The minimum Gasteiger partial charge on any atom is -0.483 e. The number of fused-ring (bicyclic) bond motifs is 1. The van der Waals surface area contributed by atoms with E-state index >= 15 is 0 Å². The Morgan fingerprint density at radius 3 is 2.62 bits per heavy atom. The van der Waals surface area contributed by atoms with Crippen molar-refractivity contribution in [3.8, 4) is 0 Å². The van der Waals surface area contributed by atoms with Crippen LogP contribution >= 0.6 is 0 Å². The number of aryl methyl sites for hydroxylation is 3. The van der Waals surface area contributed by atoms with Crippen molar-refractivity contribution in [2.24, 2.45) is 0 Å². The zero-order valence-electron chi connectivity index (χ0n) is 14.2. The van der Waals surface area contributed by atoms with Gasteiger partial charge in [-0.25, -0.2) is 9.50 Å². The van der Waals surface area contributed by atoms with Crippen LogP contribution in [-0.4, -0.2) is 31.2 Å². The number of rotatable bonds is 2. The predicted octanol–water partition coefficient (Wildman–Crippen LogP) is 3.20. The fraction of sp³-hybridized carbons (Fsp3) is 0.222. The summed E-state index contributed by atoms with van der Waals surface area (Å²) in [6.07, 6.45) is 5.76. The van der Waals surface area contributed by atoms with Gasteiger partial charge in [-0.3, -0.25) is 9.78 Å². The van der Waals surface area contributed by atoms with Gasteiger partial charge in [-0.1, -0.05) is 12.1 Å². The van der Waals surface area contributed by atoms with Gasteiger partial charge >= 0.3 is 0 Å². The van der Waals surface area contributed by atoms with Gasteiger partial charge in [0.1, 0.15) is 0 Å². The molecule has 3 heterocycles. The van der Waals surface area contributed by atoms with E-state index in [0.29, 0.717) is 0 Å². The Morgan fingerprint density at radius 1 is 1.29 bits per heavy atom. The van der Waals surface area contributed by atoms with Crippen molar-refractivity contribution in [1.29, 1.82) is 0 Å². The van der Waals surface area contributed by atoms with Crippen LogP contribution in [0.5, 0.6) is 0 Å². The van der Waals surface area contributed by atoms with Gasteiger partial charge in [0.15, 0.2) is 5.65 Å². The number of allylic oxidation sites excluding steroid dienone is 1. The van der Waals surface area contributed by atoms with E-state index in [4.69, 9.17) is 14.9 Å². The molecule has 1 N–H and O–H groups in total. The molecule has 0 saturated carbocycles. The molecule has 24 heavy (non-hydrogen) atoms. The molecule has 0 bridgehead atoms. The molecule has 0 aliphatic carbocycles. The number of pyridine rings is 1. The number of aromatic nitrogens is 4. The molecule has 3 aromatic rings. The van der Waals surface area contributed by atoms with Gasteiger partial charge < -0.3 is 5.11 Å². The highest BCUT2D eigenvalue weighted by molar-refractivity contribution is 5.79. The Bertz CT molecular complexity index is 897. The van der Waals surface area contributed by atoms with Crippen molar-refractivity contribution in [3.05, 3.63) is 64.9 Å². The Kier molecular flexibility index (Phi) is 5.42. The summed E-state index contributed by atoms with van der Waals surface area (Å²) in [4.78, 5) is 17.5. The quantitative estimate of drug-likeness (QED) is 0.732. The van der Waals surface area contributed by atoms with E-state index < -0.39 is 0 Å². The first kappa shape index (κ1) is 17.3. The normalized spacial score (nSPS) is 11.1. The summed E-state index contributed by atoms with van der Waals surface area (Å²) in [5.74, 6) is 0. The van der Waals surface area contributed by atoms with Crippen LogP contribution in [-0.2, 0) is 4.79 Å². The third kappa shape index (κ3) is 3.32. The average molecular weight is 324 g/mol. The second kappa shape index (κ2) is 7.50. The SMILES string of the molecule is C/C=C(/c1cc(C)n2ncc(C)c2n1)c1cccnc1C.O=CO. The molecule has 0 amide bonds. The van der Waals surface area contributed by atoms with E-state index in [1.54, 1.807) is 0 Å². The monoisotopic (exact) mass is 324 g/mol. The van der Waals surface area contributed by atoms with Crippen LogP contribution in [0, 0.1) is 20.8 Å². The van der Waals surface area contributed by atoms with Crippen molar-refractivity contribution in [2.75, 3.05) is 0 Å². The van der Waals surface area contributed by atoms with Crippen molar-refractivity contribution in [2.45, 2.75) is 27.7 Å². The van der Waals surface area contributed by atoms with Crippen LogP contribution in [0.4, 0.5) is 0 Å². The number of nitrogens with zero attached hydrogens (tertiary/aromatic N) is 4. The molecule has 0 radical (unpaired) electrons. The molecule has 0 atom stereocenters. The second-order valence-corrected chi connectivity index (χ2v) is 5.29. The van der Waals surface area contributed by atoms with Crippen molar-refractivity contribution in [3.63, 3.8) is 0 Å². The first-order valence-electron chi connectivity index (χ1n) is 7.52. The zero-order valence-corrected chi connectivity index (χ0v) is 14.2. The Hall–Kier alpha value is -3.02. The molecule has 6 nitrogen and oxygen atoms in total. The van der Waals surface area contributed by atoms with Gasteiger partial charge in [-0.05, 0) is 39.8 Å². The summed E-state index contributed by atoms with van der Waals surface area (Å²) in [6.45, 7) is 7.89. The lowest BCUT2D eigenvalue weighted by Crippen LogP contribution is -2.02. The standard InChI is InChI=1S/C17H18N4.CH2O2/c1-5-14(15-7-6-8-18-13(15)4)16-9-12(3)21-17(20-16)11(2)10-19-21;2-1-3/h5-10H,1-4H3;1H,(H,2,3)/b14-5+;. The van der Waals surface area contributed by atoms with E-state index in [9.17, 15) is 0 Å². The number of carbonyl (C=O) groups is 1. The molecule has 0 aliphatic rings. The smallest absolute Gasteiger partial charge is 0.290 e. The minimum atomic E-state index is -0.250. The van der Waals surface area contributed by atoms with Gasteiger partial charge in [0.2, 0.25) is 0 Å². The largest absolute Gasteiger partial charge is 0.483 e. The van der Waals surface area contributed by atoms with Gasteiger partial charge in [0.05, 0.1) is 11.9 Å². The van der Waals surface area contributed by atoms with E-state index in [1.165, 1.54) is 0 Å². The predicted molar refractivity (Wildman–Crippen MR) is 92.9 cm³/mol. The highest BCUT2D eigenvalue weighted by atomic mass is 16.3. The van der Waals surface area contributed by atoms with E-state index in [1.807, 2.05) is 50.7 Å². The summed E-state index contributed by atoms with van der Waals surface area (Å²) in [5, 5.41) is 11.2. The maximum Gasteiger partial charge on any atom is 0.290 e. The van der Waals surface area contributed by atoms with Crippen LogP contribution in [0.15, 0.2) is 36.7 Å². The molecule has 3 rings (SSSR count). The number of hydrogen-bond donors (Lipinski definition) is 1. The Balaban J connectivity index is 0.000000647. The first-order chi connectivity index (χ1) is 11.5. The summed E-state index contributed by atoms with van der Waals surface area (Å²) in [7, 11) is 0. The number of hydrogen-bond acceptors (Lipinski definition) is 4. The van der Waals surface area contributed by atoms with Gasteiger partial charge in [-0.15, -0.1) is 0 Å². The van der Waals surface area contributed by atoms with E-state index in [0.717, 1.165) is 39.4 Å². The van der Waals surface area contributed by atoms with E-state index in [-0.39, 0.29) is 6.47 Å². The van der Waals surface area contributed by atoms with Crippen LogP contribution in [0.1, 0.15) is 35.1 Å². The molecular weight excluding hydrogens is 304 g/mol. The van der Waals surface area contributed by atoms with Crippen molar-refractivity contribution < 1.29 is 9.90 Å². The van der Waals surface area contributed by atoms with Crippen molar-refractivity contribution in [1.82, 2.24) is 19.6 Å². The lowest BCUT2D eigenvalue weighted by molar-refractivity contribution is -0.122. The lowest BCUT2D eigenvalue weighted by Gasteiger charge is -2.11. The van der Waals surface area contributed by atoms with E-state index in [2.05, 4.69) is 28.3 Å². The fourth-order valence-electron chi connectivity index (χ4n) is 2.57. The highest BCUT2D eigenvalue weighted by Gasteiger charge is 2.12. The maximum absolute atomic E-state index is 8.36. The average Bonchev–Trinajstić information content (AvgIpc) is 2.93. The van der Waals surface area contributed by atoms with Gasteiger partial charge in [0, 0.05) is 34.3 Å². The summed E-state index contributed by atoms with van der Waals surface area (Å²) < 4.78 is 1.88. The third-order valence-electron chi connectivity index (χ3n) is 3.69. The van der Waals surface area contributed by atoms with Crippen LogP contribution in [0.25, 0.3) is 11.2 Å². The van der Waals surface area contributed by atoms with Crippen LogP contribution < -0.4 is 0 Å². The third-order valence-corrected chi connectivity index (χ3v) is 3.69. The summed E-state index contributed by atoms with van der Waals surface area (Å²) in [6, 6.07) is 6.12. The maximum atomic E-state index is 8.36. The van der Waals surface area contributed by atoms with Crippen LogP contribution in [0.2, 0.25) is 0 Å². The van der Waals surface area contributed by atoms with Gasteiger partial charge in [-0.2, -0.15) is 5.10 Å². The fourth-order valence-corrected chi connectivity index (χ4v) is 2.57. The molecule has 6 heteroatoms. The molecule has 0 saturated heterocycles.